The third-order valence-electron chi connectivity index (χ3n) is 1.61. The van der Waals surface area contributed by atoms with Crippen LogP contribution in [0.1, 0.15) is 33.1 Å². The summed E-state index contributed by atoms with van der Waals surface area (Å²) in [5, 5.41) is 10.7. The van der Waals surface area contributed by atoms with Crippen molar-refractivity contribution in [2.24, 2.45) is 0 Å². The second-order valence-corrected chi connectivity index (χ2v) is 2.69. The lowest BCUT2D eigenvalue weighted by molar-refractivity contribution is -0.118. The van der Waals surface area contributed by atoms with E-state index >= 15 is 0 Å². The van der Waals surface area contributed by atoms with Crippen LogP contribution in [0.5, 0.6) is 0 Å². The summed E-state index contributed by atoms with van der Waals surface area (Å²) in [7, 11) is 0. The third kappa shape index (κ3) is 4.91. The topological polar surface area (TPSA) is 49.3 Å². The van der Waals surface area contributed by atoms with Gasteiger partial charge in [-0.05, 0) is 13.3 Å². The van der Waals surface area contributed by atoms with Crippen molar-refractivity contribution in [3.05, 3.63) is 11.6 Å². The Morgan fingerprint density at radius 1 is 1.58 bits per heavy atom. The normalized spacial score (nSPS) is 11.4. The van der Waals surface area contributed by atoms with Crippen molar-refractivity contribution in [2.45, 2.75) is 33.1 Å². The number of rotatable bonds is 5. The average molecular weight is 171 g/mol. The molecule has 3 nitrogen and oxygen atoms in total. The zero-order valence-electron chi connectivity index (χ0n) is 7.76. The zero-order valence-corrected chi connectivity index (χ0v) is 7.76. The van der Waals surface area contributed by atoms with Crippen LogP contribution in [0.25, 0.3) is 0 Å². The first-order valence-corrected chi connectivity index (χ1v) is 4.28. The fraction of sp³-hybridized carbons (Fsp3) is 0.667. The minimum Gasteiger partial charge on any atom is -0.376 e. The van der Waals surface area contributed by atoms with Gasteiger partial charge in [0.05, 0.1) is 0 Å². The lowest BCUT2D eigenvalue weighted by atomic mass is 10.2. The lowest BCUT2D eigenvalue weighted by Gasteiger charge is -2.00. The number of carbonyl (C=O) groups is 1. The second-order valence-electron chi connectivity index (χ2n) is 2.69. The van der Waals surface area contributed by atoms with E-state index in [0.29, 0.717) is 5.57 Å². The van der Waals surface area contributed by atoms with Crippen LogP contribution in [0.4, 0.5) is 0 Å². The molecule has 0 aliphatic heterocycles. The molecule has 0 heterocycles. The molecule has 0 saturated carbocycles. The van der Waals surface area contributed by atoms with Gasteiger partial charge in [0, 0.05) is 5.57 Å². The summed E-state index contributed by atoms with van der Waals surface area (Å²) in [4.78, 5) is 11.0. The Kier molecular flexibility index (Phi) is 6.38. The highest BCUT2D eigenvalue weighted by molar-refractivity contribution is 5.92. The van der Waals surface area contributed by atoms with Crippen LogP contribution >= 0.6 is 0 Å². The number of hydrogen-bond donors (Lipinski definition) is 2. The molecule has 0 unspecified atom stereocenters. The maximum atomic E-state index is 11.0. The van der Waals surface area contributed by atoms with Crippen LogP contribution in [-0.2, 0) is 4.79 Å². The van der Waals surface area contributed by atoms with Crippen molar-refractivity contribution >= 4 is 5.91 Å². The number of amides is 1. The molecule has 12 heavy (non-hydrogen) atoms. The van der Waals surface area contributed by atoms with Gasteiger partial charge in [0.2, 0.25) is 5.91 Å². The average Bonchev–Trinajstić information content (AvgIpc) is 2.05. The van der Waals surface area contributed by atoms with Crippen LogP contribution in [-0.4, -0.2) is 17.7 Å². The third-order valence-corrected chi connectivity index (χ3v) is 1.61. The fourth-order valence-electron chi connectivity index (χ4n) is 0.827. The van der Waals surface area contributed by atoms with Gasteiger partial charge < -0.3 is 10.4 Å². The number of unbranched alkanes of at least 4 members (excludes halogenated alkanes) is 2. The van der Waals surface area contributed by atoms with Gasteiger partial charge in [0.15, 0.2) is 0 Å². The van der Waals surface area contributed by atoms with E-state index in [1.807, 2.05) is 6.08 Å². The van der Waals surface area contributed by atoms with E-state index in [2.05, 4.69) is 12.2 Å². The largest absolute Gasteiger partial charge is 0.376 e. The summed E-state index contributed by atoms with van der Waals surface area (Å²) >= 11 is 0. The minimum atomic E-state index is -0.294. The molecule has 0 aliphatic carbocycles. The van der Waals surface area contributed by atoms with E-state index in [1.165, 1.54) is 0 Å². The molecule has 2 N–H and O–H groups in total. The molecule has 0 aromatic carbocycles. The summed E-state index contributed by atoms with van der Waals surface area (Å²) < 4.78 is 0. The molecular formula is C9H17NO2. The molecule has 3 heteroatoms. The van der Waals surface area contributed by atoms with Gasteiger partial charge in [-0.1, -0.05) is 25.8 Å². The van der Waals surface area contributed by atoms with Crippen LogP contribution in [0, 0.1) is 0 Å². The molecule has 0 aliphatic rings. The summed E-state index contributed by atoms with van der Waals surface area (Å²) in [5.74, 6) is -0.186. The van der Waals surface area contributed by atoms with E-state index in [1.54, 1.807) is 6.92 Å². The van der Waals surface area contributed by atoms with Gasteiger partial charge in [-0.3, -0.25) is 4.79 Å². The Hall–Kier alpha value is -0.830. The van der Waals surface area contributed by atoms with Crippen LogP contribution in [0.15, 0.2) is 11.6 Å². The quantitative estimate of drug-likeness (QED) is 0.371. The number of aliphatic hydroxyl groups excluding tert-OH is 1. The molecule has 0 rings (SSSR count). The van der Waals surface area contributed by atoms with Gasteiger partial charge in [-0.2, -0.15) is 0 Å². The summed E-state index contributed by atoms with van der Waals surface area (Å²) in [6.07, 6.45) is 5.06. The molecule has 0 bridgehead atoms. The molecule has 0 atom stereocenters. The second kappa shape index (κ2) is 6.85. The van der Waals surface area contributed by atoms with E-state index in [-0.39, 0.29) is 12.6 Å². The Balaban J connectivity index is 3.74. The zero-order chi connectivity index (χ0) is 9.40. The number of aliphatic hydroxyl groups is 1. The first kappa shape index (κ1) is 11.2. The maximum absolute atomic E-state index is 11.0. The molecule has 0 spiro atoms. The van der Waals surface area contributed by atoms with Gasteiger partial charge in [-0.25, -0.2) is 0 Å². The minimum absolute atomic E-state index is 0.186. The highest BCUT2D eigenvalue weighted by atomic mass is 16.3. The number of hydrogen-bond acceptors (Lipinski definition) is 2. The molecule has 0 saturated heterocycles. The van der Waals surface area contributed by atoms with Crippen molar-refractivity contribution in [2.75, 3.05) is 6.73 Å². The molecule has 1 amide bonds. The van der Waals surface area contributed by atoms with Crippen molar-refractivity contribution in [3.63, 3.8) is 0 Å². The Morgan fingerprint density at radius 3 is 2.75 bits per heavy atom. The van der Waals surface area contributed by atoms with E-state index in [0.717, 1.165) is 19.3 Å². The molecule has 0 radical (unpaired) electrons. The van der Waals surface area contributed by atoms with Crippen LogP contribution in [0.2, 0.25) is 0 Å². The summed E-state index contributed by atoms with van der Waals surface area (Å²) in [6.45, 7) is 3.56. The predicted molar refractivity (Wildman–Crippen MR) is 48.5 cm³/mol. The van der Waals surface area contributed by atoms with Gasteiger partial charge in [0.1, 0.15) is 6.73 Å². The Labute approximate surface area is 73.5 Å². The first-order valence-electron chi connectivity index (χ1n) is 4.28. The number of carbonyl (C=O) groups excluding carboxylic acids is 1. The molecule has 0 fully saturated rings. The predicted octanol–water partition coefficient (Wildman–Crippen LogP) is 1.19. The summed E-state index contributed by atoms with van der Waals surface area (Å²) in [5.41, 5.74) is 0.678. The number of nitrogens with one attached hydrogen (secondary N) is 1. The standard InChI is InChI=1S/C9H17NO2/c1-3-4-5-6-8(2)9(12)10-7-11/h6,11H,3-5,7H2,1-2H3,(H,10,12). The smallest absolute Gasteiger partial charge is 0.248 e. The van der Waals surface area contributed by atoms with Crippen molar-refractivity contribution in [1.82, 2.24) is 5.32 Å². The van der Waals surface area contributed by atoms with Crippen molar-refractivity contribution < 1.29 is 9.90 Å². The van der Waals surface area contributed by atoms with Crippen LogP contribution < -0.4 is 5.32 Å². The maximum Gasteiger partial charge on any atom is 0.248 e. The first-order chi connectivity index (χ1) is 5.72. The summed E-state index contributed by atoms with van der Waals surface area (Å²) in [6, 6.07) is 0. The number of allylic oxidation sites excluding steroid dienone is 1. The van der Waals surface area contributed by atoms with Gasteiger partial charge in [0.25, 0.3) is 0 Å². The molecule has 0 aromatic rings. The van der Waals surface area contributed by atoms with E-state index in [4.69, 9.17) is 5.11 Å². The highest BCUT2D eigenvalue weighted by Gasteiger charge is 2.00. The lowest BCUT2D eigenvalue weighted by Crippen LogP contribution is -2.24. The monoisotopic (exact) mass is 171 g/mol. The van der Waals surface area contributed by atoms with Crippen molar-refractivity contribution in [3.8, 4) is 0 Å². The van der Waals surface area contributed by atoms with Gasteiger partial charge >= 0.3 is 0 Å². The van der Waals surface area contributed by atoms with Gasteiger partial charge in [-0.15, -0.1) is 0 Å². The Bertz CT molecular complexity index is 164. The fourth-order valence-corrected chi connectivity index (χ4v) is 0.827. The highest BCUT2D eigenvalue weighted by Crippen LogP contribution is 2.00. The molecule has 70 valence electrons. The van der Waals surface area contributed by atoms with Crippen molar-refractivity contribution in [1.29, 1.82) is 0 Å². The van der Waals surface area contributed by atoms with E-state index in [9.17, 15) is 4.79 Å². The molecular weight excluding hydrogens is 154 g/mol. The Morgan fingerprint density at radius 2 is 2.25 bits per heavy atom. The molecule has 0 aromatic heterocycles. The van der Waals surface area contributed by atoms with E-state index < -0.39 is 0 Å². The van der Waals surface area contributed by atoms with Crippen LogP contribution in [0.3, 0.4) is 0 Å². The SMILES string of the molecule is CCCCC=C(C)C(=O)NCO.